The molecule has 0 unspecified atom stereocenters. The molecule has 11 heteroatoms. The molecule has 9 nitrogen and oxygen atoms in total. The highest BCUT2D eigenvalue weighted by atomic mass is 32.2. The molecule has 0 atom stereocenters. The van der Waals surface area contributed by atoms with Crippen LogP contribution in [-0.4, -0.2) is 34.1 Å². The number of fused-ring (bicyclic) bond motifs is 2. The zero-order chi connectivity index (χ0) is 21.9. The molecular formula is C21H18N6O3S2. The summed E-state index contributed by atoms with van der Waals surface area (Å²) in [6, 6.07) is 14.8. The number of nitrogens with zero attached hydrogens (tertiary/aromatic N) is 3. The smallest absolute Gasteiger partial charge is 0.252 e. The molecule has 0 saturated heterocycles. The van der Waals surface area contributed by atoms with Crippen molar-refractivity contribution in [2.75, 3.05) is 18.5 Å². The number of ether oxygens (including phenoxy) is 2. The van der Waals surface area contributed by atoms with Gasteiger partial charge in [0.25, 0.3) is 5.56 Å². The number of guanidine groups is 1. The number of nitrogens with one attached hydrogen (secondary N) is 2. The monoisotopic (exact) mass is 466 g/mol. The number of anilines is 1. The Kier molecular flexibility index (Phi) is 5.65. The number of para-hydroxylation sites is 1. The summed E-state index contributed by atoms with van der Waals surface area (Å²) < 4.78 is 13.1. The number of hydrogen-bond acceptors (Lipinski definition) is 8. The van der Waals surface area contributed by atoms with E-state index in [2.05, 4.69) is 25.3 Å². The van der Waals surface area contributed by atoms with E-state index in [1.54, 1.807) is 29.5 Å². The first kappa shape index (κ1) is 20.3. The Labute approximate surface area is 190 Å². The zero-order valence-corrected chi connectivity index (χ0v) is 18.3. The average Bonchev–Trinajstić information content (AvgIpc) is 3.20. The summed E-state index contributed by atoms with van der Waals surface area (Å²) in [5.41, 5.74) is 7.94. The second-order valence-corrected chi connectivity index (χ2v) is 9.03. The molecular weight excluding hydrogens is 448 g/mol. The molecule has 0 aliphatic carbocycles. The zero-order valence-electron chi connectivity index (χ0n) is 16.7. The first-order valence-electron chi connectivity index (χ1n) is 9.72. The van der Waals surface area contributed by atoms with E-state index in [0.717, 1.165) is 14.6 Å². The van der Waals surface area contributed by atoms with Crippen molar-refractivity contribution in [3.05, 3.63) is 64.6 Å². The number of hydrogen-bond donors (Lipinski definition) is 3. The van der Waals surface area contributed by atoms with Crippen molar-refractivity contribution < 1.29 is 9.47 Å². The van der Waals surface area contributed by atoms with Gasteiger partial charge in [0.2, 0.25) is 11.9 Å². The van der Waals surface area contributed by atoms with Gasteiger partial charge >= 0.3 is 0 Å². The van der Waals surface area contributed by atoms with Crippen LogP contribution in [0.4, 0.5) is 11.6 Å². The van der Waals surface area contributed by atoms with Crippen molar-refractivity contribution in [2.24, 2.45) is 10.7 Å². The molecule has 32 heavy (non-hydrogen) atoms. The molecule has 162 valence electrons. The SMILES string of the molecule is NC(=Nc1nc(CSc2nc3ccccc3s2)cc(=O)[nH]1)Nc1ccc2c(c1)OCCO2. The predicted octanol–water partition coefficient (Wildman–Crippen LogP) is 3.50. The molecule has 4 aromatic rings. The number of aromatic amines is 1. The topological polar surface area (TPSA) is 128 Å². The molecule has 1 aliphatic heterocycles. The molecule has 5 rings (SSSR count). The summed E-state index contributed by atoms with van der Waals surface area (Å²) in [6.07, 6.45) is 0. The molecule has 2 aromatic heterocycles. The van der Waals surface area contributed by atoms with Gasteiger partial charge in [0, 0.05) is 23.6 Å². The Morgan fingerprint density at radius 3 is 2.88 bits per heavy atom. The number of thioether (sulfide) groups is 1. The third kappa shape index (κ3) is 4.68. The minimum absolute atomic E-state index is 0.0841. The average molecular weight is 467 g/mol. The molecule has 0 fully saturated rings. The molecule has 4 N–H and O–H groups in total. The molecule has 0 bridgehead atoms. The van der Waals surface area contributed by atoms with E-state index >= 15 is 0 Å². The van der Waals surface area contributed by atoms with Gasteiger partial charge in [-0.3, -0.25) is 9.78 Å². The van der Waals surface area contributed by atoms with Crippen molar-refractivity contribution in [3.63, 3.8) is 0 Å². The van der Waals surface area contributed by atoms with Gasteiger partial charge in [-0.15, -0.1) is 11.3 Å². The van der Waals surface area contributed by atoms with E-state index in [-0.39, 0.29) is 17.5 Å². The predicted molar refractivity (Wildman–Crippen MR) is 126 cm³/mol. The Morgan fingerprint density at radius 1 is 1.16 bits per heavy atom. The highest BCUT2D eigenvalue weighted by Gasteiger charge is 2.12. The number of rotatable bonds is 5. The van der Waals surface area contributed by atoms with Crippen LogP contribution in [0.25, 0.3) is 10.2 Å². The molecule has 0 spiro atoms. The van der Waals surface area contributed by atoms with Crippen molar-refractivity contribution >= 4 is 50.9 Å². The number of H-pyrrole nitrogens is 1. The van der Waals surface area contributed by atoms with Crippen LogP contribution in [0.5, 0.6) is 11.5 Å². The van der Waals surface area contributed by atoms with Gasteiger partial charge in [0.1, 0.15) is 13.2 Å². The molecule has 0 radical (unpaired) electrons. The van der Waals surface area contributed by atoms with Gasteiger partial charge in [-0.05, 0) is 24.3 Å². The van der Waals surface area contributed by atoms with Crippen LogP contribution >= 0.6 is 23.1 Å². The largest absolute Gasteiger partial charge is 0.486 e. The van der Waals surface area contributed by atoms with Gasteiger partial charge in [-0.1, -0.05) is 23.9 Å². The highest BCUT2D eigenvalue weighted by Crippen LogP contribution is 2.33. The van der Waals surface area contributed by atoms with Gasteiger partial charge in [-0.25, -0.2) is 9.97 Å². The first-order chi connectivity index (χ1) is 15.6. The quantitative estimate of drug-likeness (QED) is 0.232. The van der Waals surface area contributed by atoms with Crippen molar-refractivity contribution in [1.82, 2.24) is 15.0 Å². The number of aromatic nitrogens is 3. The maximum Gasteiger partial charge on any atom is 0.252 e. The first-order valence-corrected chi connectivity index (χ1v) is 11.5. The maximum atomic E-state index is 12.1. The van der Waals surface area contributed by atoms with Crippen LogP contribution in [-0.2, 0) is 5.75 Å². The number of thiazole rings is 1. The fourth-order valence-electron chi connectivity index (χ4n) is 3.08. The number of nitrogens with two attached hydrogens (primary N) is 1. The Balaban J connectivity index is 1.29. The third-order valence-corrected chi connectivity index (χ3v) is 6.65. The normalized spacial score (nSPS) is 13.3. The van der Waals surface area contributed by atoms with Crippen LogP contribution in [0.2, 0.25) is 0 Å². The van der Waals surface area contributed by atoms with E-state index < -0.39 is 0 Å². The Morgan fingerprint density at radius 2 is 2.00 bits per heavy atom. The van der Waals surface area contributed by atoms with Crippen molar-refractivity contribution in [2.45, 2.75) is 10.1 Å². The summed E-state index contributed by atoms with van der Waals surface area (Å²) in [5.74, 6) is 2.01. The van der Waals surface area contributed by atoms with Crippen LogP contribution in [0, 0.1) is 0 Å². The van der Waals surface area contributed by atoms with E-state index in [1.807, 2.05) is 24.3 Å². The standard InChI is InChI=1S/C21H18N6O3S2/c22-19(23-12-5-6-15-16(9-12)30-8-7-29-15)27-20-24-13(10-18(28)26-20)11-31-21-25-14-3-1-2-4-17(14)32-21/h1-6,9-10H,7-8,11H2,(H4,22,23,24,26,27,28). The second-order valence-electron chi connectivity index (χ2n) is 6.78. The highest BCUT2D eigenvalue weighted by molar-refractivity contribution is 8.00. The summed E-state index contributed by atoms with van der Waals surface area (Å²) in [5, 5.41) is 2.97. The molecule has 3 heterocycles. The minimum Gasteiger partial charge on any atom is -0.486 e. The van der Waals surface area contributed by atoms with Gasteiger partial charge in [0.05, 0.1) is 15.9 Å². The lowest BCUT2D eigenvalue weighted by Gasteiger charge is -2.19. The van der Waals surface area contributed by atoms with E-state index in [4.69, 9.17) is 15.2 Å². The lowest BCUT2D eigenvalue weighted by Crippen LogP contribution is -2.23. The van der Waals surface area contributed by atoms with Crippen molar-refractivity contribution in [3.8, 4) is 11.5 Å². The molecule has 0 amide bonds. The number of aliphatic imine (C=N–C) groups is 1. The van der Waals surface area contributed by atoms with E-state index in [0.29, 0.717) is 41.8 Å². The summed E-state index contributed by atoms with van der Waals surface area (Å²) in [7, 11) is 0. The summed E-state index contributed by atoms with van der Waals surface area (Å²) >= 11 is 3.13. The van der Waals surface area contributed by atoms with Crippen LogP contribution in [0.1, 0.15) is 5.69 Å². The fraction of sp³-hybridized carbons (Fsp3) is 0.143. The van der Waals surface area contributed by atoms with Gasteiger partial charge in [-0.2, -0.15) is 4.99 Å². The summed E-state index contributed by atoms with van der Waals surface area (Å²) in [4.78, 5) is 27.9. The van der Waals surface area contributed by atoms with E-state index in [1.165, 1.54) is 17.8 Å². The van der Waals surface area contributed by atoms with Gasteiger partial charge in [0.15, 0.2) is 15.8 Å². The Hall–Kier alpha value is -3.57. The van der Waals surface area contributed by atoms with Crippen LogP contribution in [0.3, 0.4) is 0 Å². The molecule has 0 saturated carbocycles. The fourth-order valence-corrected chi connectivity index (χ4v) is 5.04. The molecule has 2 aromatic carbocycles. The van der Waals surface area contributed by atoms with E-state index in [9.17, 15) is 4.79 Å². The van der Waals surface area contributed by atoms with Crippen molar-refractivity contribution in [1.29, 1.82) is 0 Å². The number of benzene rings is 2. The lowest BCUT2D eigenvalue weighted by molar-refractivity contribution is 0.171. The van der Waals surface area contributed by atoms with Crippen LogP contribution < -0.4 is 26.1 Å². The summed E-state index contributed by atoms with van der Waals surface area (Å²) in [6.45, 7) is 1.02. The second kappa shape index (κ2) is 8.89. The Bertz CT molecular complexity index is 1330. The third-order valence-electron chi connectivity index (χ3n) is 4.44. The lowest BCUT2D eigenvalue weighted by atomic mass is 10.2. The van der Waals surface area contributed by atoms with Gasteiger partial charge < -0.3 is 20.5 Å². The maximum absolute atomic E-state index is 12.1. The minimum atomic E-state index is -0.300. The molecule has 1 aliphatic rings. The van der Waals surface area contributed by atoms with Crippen LogP contribution in [0.15, 0.2) is 62.7 Å².